The van der Waals surface area contributed by atoms with Crippen LogP contribution in [0.5, 0.6) is 0 Å². The van der Waals surface area contributed by atoms with Crippen molar-refractivity contribution < 1.29 is 9.90 Å². The van der Waals surface area contributed by atoms with E-state index in [0.29, 0.717) is 11.1 Å². The van der Waals surface area contributed by atoms with Crippen LogP contribution in [0.15, 0.2) is 5.16 Å². The van der Waals surface area contributed by atoms with Crippen LogP contribution in [0.1, 0.15) is 27.7 Å². The van der Waals surface area contributed by atoms with E-state index in [1.807, 2.05) is 11.5 Å². The van der Waals surface area contributed by atoms with Gasteiger partial charge in [0, 0.05) is 19.6 Å². The van der Waals surface area contributed by atoms with Crippen LogP contribution in [0.25, 0.3) is 0 Å². The Hall–Kier alpha value is -1.24. The number of rotatable bonds is 8. The zero-order valence-corrected chi connectivity index (χ0v) is 12.8. The minimum Gasteiger partial charge on any atom is -0.481 e. The number of hydrogen-bond acceptors (Lipinski definition) is 5. The van der Waals surface area contributed by atoms with Gasteiger partial charge < -0.3 is 10.0 Å². The minimum atomic E-state index is -0.841. The van der Waals surface area contributed by atoms with E-state index in [2.05, 4.69) is 35.9 Å². The molecule has 0 saturated carbocycles. The van der Waals surface area contributed by atoms with Crippen molar-refractivity contribution in [1.29, 1.82) is 0 Å². The molecule has 1 aromatic rings. The van der Waals surface area contributed by atoms with E-state index >= 15 is 0 Å². The Balaban J connectivity index is 2.91. The Bertz CT molecular complexity index is 420. The predicted molar refractivity (Wildman–Crippen MR) is 76.8 cm³/mol. The second-order valence-corrected chi connectivity index (χ2v) is 5.58. The monoisotopic (exact) mass is 286 g/mol. The maximum atomic E-state index is 10.6. The molecule has 19 heavy (non-hydrogen) atoms. The number of anilines is 1. The Morgan fingerprint density at radius 3 is 2.58 bits per heavy atom. The number of nitrogens with zero attached hydrogens (tertiary/aromatic N) is 4. The largest absolute Gasteiger partial charge is 0.481 e. The fourth-order valence-electron chi connectivity index (χ4n) is 1.82. The first kappa shape index (κ1) is 15.8. The summed E-state index contributed by atoms with van der Waals surface area (Å²) in [7, 11) is 0. The zero-order chi connectivity index (χ0) is 14.4. The highest BCUT2D eigenvalue weighted by Crippen LogP contribution is 2.22. The third kappa shape index (κ3) is 4.41. The van der Waals surface area contributed by atoms with Crippen molar-refractivity contribution >= 4 is 23.7 Å². The Morgan fingerprint density at radius 2 is 2.11 bits per heavy atom. The highest BCUT2D eigenvalue weighted by molar-refractivity contribution is 7.99. The topological polar surface area (TPSA) is 71.2 Å². The van der Waals surface area contributed by atoms with Gasteiger partial charge in [-0.15, -0.1) is 10.2 Å². The van der Waals surface area contributed by atoms with Crippen LogP contribution in [0.3, 0.4) is 0 Å². The molecule has 1 aromatic heterocycles. The molecule has 0 atom stereocenters. The number of carbonyl (C=O) groups is 1. The van der Waals surface area contributed by atoms with Crippen molar-refractivity contribution in [2.24, 2.45) is 5.92 Å². The number of thioether (sulfide) groups is 1. The highest BCUT2D eigenvalue weighted by atomic mass is 32.2. The van der Waals surface area contributed by atoms with Gasteiger partial charge in [0.25, 0.3) is 0 Å². The van der Waals surface area contributed by atoms with Crippen molar-refractivity contribution in [3.05, 3.63) is 0 Å². The van der Waals surface area contributed by atoms with Gasteiger partial charge in [-0.2, -0.15) is 0 Å². The molecule has 0 aliphatic rings. The number of carboxylic acid groups (broad SMARTS) is 1. The summed E-state index contributed by atoms with van der Waals surface area (Å²) in [4.78, 5) is 12.8. The number of aliphatic carboxylic acids is 1. The summed E-state index contributed by atoms with van der Waals surface area (Å²) in [6, 6.07) is 0. The summed E-state index contributed by atoms with van der Waals surface area (Å²) in [6.07, 6.45) is 0. The molecule has 0 fully saturated rings. The Kier molecular flexibility index (Phi) is 6.14. The molecule has 0 aliphatic heterocycles. The number of aromatic nitrogens is 3. The van der Waals surface area contributed by atoms with Crippen molar-refractivity contribution in [2.45, 2.75) is 39.4 Å². The quantitative estimate of drug-likeness (QED) is 0.737. The third-order valence-corrected chi connectivity index (χ3v) is 3.54. The van der Waals surface area contributed by atoms with E-state index in [9.17, 15) is 4.79 Å². The molecule has 1 heterocycles. The molecule has 108 valence electrons. The van der Waals surface area contributed by atoms with Gasteiger partial charge in [-0.3, -0.25) is 9.36 Å². The van der Waals surface area contributed by atoms with Gasteiger partial charge in [-0.25, -0.2) is 0 Å². The first-order chi connectivity index (χ1) is 8.99. The van der Waals surface area contributed by atoms with Gasteiger partial charge >= 0.3 is 5.97 Å². The molecule has 0 aromatic carbocycles. The van der Waals surface area contributed by atoms with E-state index in [4.69, 9.17) is 5.11 Å². The molecular weight excluding hydrogens is 264 g/mol. The number of hydrogen-bond donors (Lipinski definition) is 1. The van der Waals surface area contributed by atoms with E-state index in [-0.39, 0.29) is 5.75 Å². The molecule has 1 N–H and O–H groups in total. The van der Waals surface area contributed by atoms with Crippen molar-refractivity contribution in [1.82, 2.24) is 14.8 Å². The fraction of sp³-hybridized carbons (Fsp3) is 0.750. The molecule has 0 bridgehead atoms. The summed E-state index contributed by atoms with van der Waals surface area (Å²) in [5, 5.41) is 17.7. The molecule has 1 rings (SSSR count). The Morgan fingerprint density at radius 1 is 1.42 bits per heavy atom. The van der Waals surface area contributed by atoms with Crippen LogP contribution in [0, 0.1) is 5.92 Å². The second kappa shape index (κ2) is 7.37. The van der Waals surface area contributed by atoms with Crippen LogP contribution in [-0.2, 0) is 11.3 Å². The van der Waals surface area contributed by atoms with E-state index in [1.165, 1.54) is 11.8 Å². The normalized spacial score (nSPS) is 11.0. The lowest BCUT2D eigenvalue weighted by Gasteiger charge is -2.24. The standard InChI is InChI=1S/C12H22N4O2S/c1-5-15(7-9(3)4)11-13-14-12(16(11)6-2)19-8-10(17)18/h9H,5-8H2,1-4H3,(H,17,18). The second-order valence-electron chi connectivity index (χ2n) is 4.64. The molecule has 7 heteroatoms. The van der Waals surface area contributed by atoms with Crippen molar-refractivity contribution in [3.8, 4) is 0 Å². The summed E-state index contributed by atoms with van der Waals surface area (Å²) >= 11 is 1.21. The molecule has 0 saturated heterocycles. The van der Waals surface area contributed by atoms with Crippen LogP contribution >= 0.6 is 11.8 Å². The van der Waals surface area contributed by atoms with Crippen LogP contribution in [-0.4, -0.2) is 44.7 Å². The van der Waals surface area contributed by atoms with Gasteiger partial charge in [-0.1, -0.05) is 25.6 Å². The number of carboxylic acids is 1. The van der Waals surface area contributed by atoms with Crippen molar-refractivity contribution in [3.63, 3.8) is 0 Å². The first-order valence-corrected chi connectivity index (χ1v) is 7.50. The zero-order valence-electron chi connectivity index (χ0n) is 12.0. The average Bonchev–Trinajstić information content (AvgIpc) is 2.75. The average molecular weight is 286 g/mol. The Labute approximate surface area is 118 Å². The SMILES string of the molecule is CCN(CC(C)C)c1nnc(SCC(=O)O)n1CC. The molecular formula is C12H22N4O2S. The van der Waals surface area contributed by atoms with Gasteiger partial charge in [0.2, 0.25) is 5.95 Å². The molecule has 0 spiro atoms. The molecule has 6 nitrogen and oxygen atoms in total. The minimum absolute atomic E-state index is 0.00837. The van der Waals surface area contributed by atoms with Gasteiger partial charge in [0.15, 0.2) is 5.16 Å². The molecule has 0 radical (unpaired) electrons. The molecule has 0 aliphatic carbocycles. The van der Waals surface area contributed by atoms with Crippen LogP contribution in [0.4, 0.5) is 5.95 Å². The van der Waals surface area contributed by atoms with Crippen LogP contribution < -0.4 is 4.90 Å². The predicted octanol–water partition coefficient (Wildman–Crippen LogP) is 1.96. The first-order valence-electron chi connectivity index (χ1n) is 6.52. The molecule has 0 unspecified atom stereocenters. The van der Waals surface area contributed by atoms with E-state index < -0.39 is 5.97 Å². The lowest BCUT2D eigenvalue weighted by molar-refractivity contribution is -0.133. The van der Waals surface area contributed by atoms with Gasteiger partial charge in [0.05, 0.1) is 5.75 Å². The smallest absolute Gasteiger partial charge is 0.313 e. The molecule has 0 amide bonds. The fourth-order valence-corrected chi connectivity index (χ4v) is 2.54. The van der Waals surface area contributed by atoms with E-state index in [0.717, 1.165) is 25.6 Å². The maximum absolute atomic E-state index is 10.6. The lowest BCUT2D eigenvalue weighted by atomic mass is 10.2. The van der Waals surface area contributed by atoms with Gasteiger partial charge in [0.1, 0.15) is 0 Å². The summed E-state index contributed by atoms with van der Waals surface area (Å²) in [5.74, 6) is 0.532. The van der Waals surface area contributed by atoms with Gasteiger partial charge in [-0.05, 0) is 19.8 Å². The summed E-state index contributed by atoms with van der Waals surface area (Å²) in [5.41, 5.74) is 0. The van der Waals surface area contributed by atoms with E-state index in [1.54, 1.807) is 0 Å². The summed E-state index contributed by atoms with van der Waals surface area (Å²) in [6.45, 7) is 10.9. The van der Waals surface area contributed by atoms with Crippen molar-refractivity contribution in [2.75, 3.05) is 23.7 Å². The highest BCUT2D eigenvalue weighted by Gasteiger charge is 2.17. The maximum Gasteiger partial charge on any atom is 0.313 e. The van der Waals surface area contributed by atoms with Crippen LogP contribution in [0.2, 0.25) is 0 Å². The third-order valence-electron chi connectivity index (χ3n) is 2.59. The summed E-state index contributed by atoms with van der Waals surface area (Å²) < 4.78 is 1.97. The lowest BCUT2D eigenvalue weighted by Crippen LogP contribution is -2.30.